The molecule has 1 heterocycles. The molecule has 1 aromatic heterocycles. The number of benzene rings is 3. The molecule has 0 radical (unpaired) electrons. The molecule has 5 heteroatoms. The van der Waals surface area contributed by atoms with Crippen LogP contribution in [0.25, 0.3) is 11.4 Å². The van der Waals surface area contributed by atoms with Gasteiger partial charge < -0.3 is 10.6 Å². The molecule has 2 N–H and O–H groups in total. The zero-order valence-electron chi connectivity index (χ0n) is 16.5. The van der Waals surface area contributed by atoms with Gasteiger partial charge in [-0.05, 0) is 11.1 Å². The first-order valence-electron chi connectivity index (χ1n) is 9.82. The molecule has 1 amide bonds. The molecule has 148 valence electrons. The molecule has 0 atom stereocenters. The Kier molecular flexibility index (Phi) is 6.11. The molecular formula is C25H22N4O. The minimum atomic E-state index is -0.235. The summed E-state index contributed by atoms with van der Waals surface area (Å²) < 4.78 is 0. The number of aromatic nitrogens is 2. The van der Waals surface area contributed by atoms with Crippen LogP contribution >= 0.6 is 0 Å². The van der Waals surface area contributed by atoms with Crippen LogP contribution in [0.5, 0.6) is 0 Å². The van der Waals surface area contributed by atoms with Crippen molar-refractivity contribution in [3.05, 3.63) is 114 Å². The van der Waals surface area contributed by atoms with Gasteiger partial charge in [0.05, 0.1) is 0 Å². The number of nitrogens with one attached hydrogen (secondary N) is 2. The third-order valence-corrected chi connectivity index (χ3v) is 4.60. The first-order chi connectivity index (χ1) is 14.8. The number of nitrogens with zero attached hydrogens (tertiary/aromatic N) is 2. The molecule has 3 aromatic carbocycles. The molecule has 0 aliphatic carbocycles. The maximum atomic E-state index is 12.8. The van der Waals surface area contributed by atoms with Gasteiger partial charge in [0, 0.05) is 24.7 Å². The summed E-state index contributed by atoms with van der Waals surface area (Å²) in [6.45, 7) is 1.05. The van der Waals surface area contributed by atoms with E-state index in [1.54, 1.807) is 6.07 Å². The van der Waals surface area contributed by atoms with Crippen LogP contribution in [0.2, 0.25) is 0 Å². The van der Waals surface area contributed by atoms with Gasteiger partial charge in [0.2, 0.25) is 0 Å². The quantitative estimate of drug-likeness (QED) is 0.477. The highest BCUT2D eigenvalue weighted by Crippen LogP contribution is 2.18. The van der Waals surface area contributed by atoms with Crippen LogP contribution in [0.15, 0.2) is 97.1 Å². The maximum absolute atomic E-state index is 12.8. The molecule has 0 unspecified atom stereocenters. The topological polar surface area (TPSA) is 66.9 Å². The Morgan fingerprint density at radius 1 is 0.700 bits per heavy atom. The van der Waals surface area contributed by atoms with E-state index >= 15 is 0 Å². The predicted octanol–water partition coefficient (Wildman–Crippen LogP) is 4.69. The van der Waals surface area contributed by atoms with Crippen molar-refractivity contribution < 1.29 is 4.79 Å². The number of hydrogen-bond acceptors (Lipinski definition) is 4. The average molecular weight is 394 g/mol. The fraction of sp³-hybridized carbons (Fsp3) is 0.0800. The van der Waals surface area contributed by atoms with Crippen LogP contribution in [0, 0.1) is 0 Å². The normalized spacial score (nSPS) is 10.4. The fourth-order valence-electron chi connectivity index (χ4n) is 3.03. The highest BCUT2D eigenvalue weighted by Gasteiger charge is 2.13. The van der Waals surface area contributed by atoms with E-state index < -0.39 is 0 Å². The van der Waals surface area contributed by atoms with Gasteiger partial charge in [-0.1, -0.05) is 91.0 Å². The van der Waals surface area contributed by atoms with Crippen LogP contribution in [0.3, 0.4) is 0 Å². The van der Waals surface area contributed by atoms with E-state index in [2.05, 4.69) is 20.6 Å². The van der Waals surface area contributed by atoms with Crippen molar-refractivity contribution >= 4 is 11.7 Å². The zero-order chi connectivity index (χ0) is 20.6. The molecular weight excluding hydrogens is 372 g/mol. The van der Waals surface area contributed by atoms with Crippen molar-refractivity contribution in [1.82, 2.24) is 15.3 Å². The smallest absolute Gasteiger partial charge is 0.270 e. The SMILES string of the molecule is O=C(NCc1ccccc1)c1cc(NCc2ccccc2)nc(-c2ccccc2)n1. The summed E-state index contributed by atoms with van der Waals surface area (Å²) in [4.78, 5) is 21.9. The van der Waals surface area contributed by atoms with Crippen LogP contribution in [0.4, 0.5) is 5.82 Å². The van der Waals surface area contributed by atoms with E-state index in [1.807, 2.05) is 91.0 Å². The molecule has 0 aliphatic heterocycles. The minimum absolute atomic E-state index is 0.235. The number of carbonyl (C=O) groups is 1. The Hall–Kier alpha value is -3.99. The van der Waals surface area contributed by atoms with Gasteiger partial charge in [-0.2, -0.15) is 0 Å². The number of anilines is 1. The van der Waals surface area contributed by atoms with Crippen molar-refractivity contribution in [2.75, 3.05) is 5.32 Å². The van der Waals surface area contributed by atoms with E-state index in [4.69, 9.17) is 0 Å². The lowest BCUT2D eigenvalue weighted by atomic mass is 10.2. The second-order valence-corrected chi connectivity index (χ2v) is 6.84. The van der Waals surface area contributed by atoms with Gasteiger partial charge in [0.15, 0.2) is 5.82 Å². The molecule has 0 saturated carbocycles. The summed E-state index contributed by atoms with van der Waals surface area (Å²) in [6, 6.07) is 31.2. The zero-order valence-corrected chi connectivity index (χ0v) is 16.5. The van der Waals surface area contributed by atoms with Gasteiger partial charge in [0.1, 0.15) is 11.5 Å². The van der Waals surface area contributed by atoms with Crippen molar-refractivity contribution in [1.29, 1.82) is 0 Å². The lowest BCUT2D eigenvalue weighted by Crippen LogP contribution is -2.24. The van der Waals surface area contributed by atoms with Gasteiger partial charge in [-0.15, -0.1) is 0 Å². The second kappa shape index (κ2) is 9.47. The molecule has 0 fully saturated rings. The monoisotopic (exact) mass is 394 g/mol. The maximum Gasteiger partial charge on any atom is 0.270 e. The van der Waals surface area contributed by atoms with E-state index in [0.717, 1.165) is 16.7 Å². The summed E-state index contributed by atoms with van der Waals surface area (Å²) in [5.41, 5.74) is 3.35. The third-order valence-electron chi connectivity index (χ3n) is 4.60. The molecule has 4 rings (SSSR count). The lowest BCUT2D eigenvalue weighted by molar-refractivity contribution is 0.0946. The van der Waals surface area contributed by atoms with Gasteiger partial charge in [-0.3, -0.25) is 4.79 Å². The second-order valence-electron chi connectivity index (χ2n) is 6.84. The molecule has 5 nitrogen and oxygen atoms in total. The van der Waals surface area contributed by atoms with Crippen LogP contribution in [-0.4, -0.2) is 15.9 Å². The lowest BCUT2D eigenvalue weighted by Gasteiger charge is -2.11. The number of amides is 1. The highest BCUT2D eigenvalue weighted by atomic mass is 16.1. The Labute approximate surface area is 175 Å². The number of carbonyl (C=O) groups excluding carboxylic acids is 1. The van der Waals surface area contributed by atoms with Crippen molar-refractivity contribution in [3.63, 3.8) is 0 Å². The van der Waals surface area contributed by atoms with Crippen molar-refractivity contribution in [3.8, 4) is 11.4 Å². The first kappa shape index (κ1) is 19.3. The Balaban J connectivity index is 1.57. The molecule has 0 aliphatic rings. The summed E-state index contributed by atoms with van der Waals surface area (Å²) in [5, 5.41) is 6.25. The summed E-state index contributed by atoms with van der Waals surface area (Å²) >= 11 is 0. The first-order valence-corrected chi connectivity index (χ1v) is 9.82. The third kappa shape index (κ3) is 5.08. The van der Waals surface area contributed by atoms with Gasteiger partial charge in [-0.25, -0.2) is 9.97 Å². The van der Waals surface area contributed by atoms with Crippen molar-refractivity contribution in [2.45, 2.75) is 13.1 Å². The van der Waals surface area contributed by atoms with E-state index in [9.17, 15) is 4.79 Å². The predicted molar refractivity (Wildman–Crippen MR) is 119 cm³/mol. The van der Waals surface area contributed by atoms with Crippen LogP contribution in [0.1, 0.15) is 21.6 Å². The minimum Gasteiger partial charge on any atom is -0.366 e. The molecule has 0 saturated heterocycles. The number of hydrogen-bond donors (Lipinski definition) is 2. The van der Waals surface area contributed by atoms with Gasteiger partial charge in [0.25, 0.3) is 5.91 Å². The summed E-state index contributed by atoms with van der Waals surface area (Å²) in [5.74, 6) is 0.886. The van der Waals surface area contributed by atoms with E-state index in [0.29, 0.717) is 30.4 Å². The largest absolute Gasteiger partial charge is 0.366 e. The molecule has 0 spiro atoms. The van der Waals surface area contributed by atoms with E-state index in [1.165, 1.54) is 0 Å². The number of rotatable bonds is 7. The fourth-order valence-corrected chi connectivity index (χ4v) is 3.03. The molecule has 0 bridgehead atoms. The Morgan fingerprint density at radius 3 is 1.90 bits per heavy atom. The Morgan fingerprint density at radius 2 is 1.27 bits per heavy atom. The van der Waals surface area contributed by atoms with Crippen molar-refractivity contribution in [2.24, 2.45) is 0 Å². The summed E-state index contributed by atoms with van der Waals surface area (Å²) in [7, 11) is 0. The molecule has 4 aromatic rings. The average Bonchev–Trinajstić information content (AvgIpc) is 2.83. The molecule has 30 heavy (non-hydrogen) atoms. The Bertz CT molecular complexity index is 1100. The van der Waals surface area contributed by atoms with Crippen LogP contribution < -0.4 is 10.6 Å². The van der Waals surface area contributed by atoms with Crippen LogP contribution in [-0.2, 0) is 13.1 Å². The summed E-state index contributed by atoms with van der Waals surface area (Å²) in [6.07, 6.45) is 0. The standard InChI is InChI=1S/C25H22N4O/c30-25(27-18-20-12-6-2-7-13-20)22-16-23(26-17-19-10-4-1-5-11-19)29-24(28-22)21-14-8-3-9-15-21/h1-16H,17-18H2,(H,27,30)(H,26,28,29). The van der Waals surface area contributed by atoms with E-state index in [-0.39, 0.29) is 5.91 Å². The van der Waals surface area contributed by atoms with Gasteiger partial charge >= 0.3 is 0 Å². The highest BCUT2D eigenvalue weighted by molar-refractivity contribution is 5.93.